The van der Waals surface area contributed by atoms with Gasteiger partial charge in [-0.05, 0) is 25.7 Å². The molecule has 0 aromatic heterocycles. The minimum absolute atomic E-state index is 0.0268. The fourth-order valence-electron chi connectivity index (χ4n) is 2.81. The Kier molecular flexibility index (Phi) is 8.60. The third-order valence-electron chi connectivity index (χ3n) is 3.87. The maximum absolute atomic E-state index is 12.1. The Morgan fingerprint density at radius 3 is 2.73 bits per heavy atom. The second-order valence-corrected chi connectivity index (χ2v) is 5.43. The molecule has 1 aliphatic rings. The van der Waals surface area contributed by atoms with Gasteiger partial charge in [-0.3, -0.25) is 0 Å². The van der Waals surface area contributed by atoms with E-state index in [-0.39, 0.29) is 12.2 Å². The minimum atomic E-state index is -0.220. The molecule has 0 fully saturated rings. The number of hydrogen-bond donors (Lipinski definition) is 0. The van der Waals surface area contributed by atoms with Gasteiger partial charge < -0.3 is 14.4 Å². The average molecular weight is 307 g/mol. The van der Waals surface area contributed by atoms with Crippen molar-refractivity contribution in [3.63, 3.8) is 0 Å². The van der Waals surface area contributed by atoms with Crippen LogP contribution in [-0.2, 0) is 14.3 Å². The molecule has 1 rings (SSSR count). The largest absolute Gasteiger partial charge is 0.466 e. The van der Waals surface area contributed by atoms with Crippen molar-refractivity contribution in [3.8, 4) is 0 Å². The number of ether oxygens (including phenoxy) is 2. The van der Waals surface area contributed by atoms with Crippen molar-refractivity contribution < 1.29 is 14.3 Å². The van der Waals surface area contributed by atoms with Crippen LogP contribution in [0.1, 0.15) is 45.4 Å². The lowest BCUT2D eigenvalue weighted by molar-refractivity contribution is -0.137. The second kappa shape index (κ2) is 10.2. The van der Waals surface area contributed by atoms with Crippen LogP contribution in [-0.4, -0.2) is 37.4 Å². The molecule has 1 heterocycles. The van der Waals surface area contributed by atoms with Gasteiger partial charge in [0.25, 0.3) is 0 Å². The summed E-state index contributed by atoms with van der Waals surface area (Å²) in [5.74, 6) is -0.220. The third kappa shape index (κ3) is 5.02. The highest BCUT2D eigenvalue weighted by Gasteiger charge is 2.31. The van der Waals surface area contributed by atoms with Crippen LogP contribution >= 0.6 is 0 Å². The van der Waals surface area contributed by atoms with E-state index in [4.69, 9.17) is 9.47 Å². The molecule has 1 unspecified atom stereocenters. The highest BCUT2D eigenvalue weighted by Crippen LogP contribution is 2.31. The molecular formula is C18H29NO3. The number of unbranched alkanes of at least 4 members (excludes halogenated alkanes) is 2. The fourth-order valence-corrected chi connectivity index (χ4v) is 2.81. The van der Waals surface area contributed by atoms with E-state index in [1.165, 1.54) is 7.11 Å². The van der Waals surface area contributed by atoms with Crippen LogP contribution in [0.5, 0.6) is 0 Å². The average Bonchev–Trinajstić information content (AvgIpc) is 2.54. The van der Waals surface area contributed by atoms with Gasteiger partial charge >= 0.3 is 5.97 Å². The van der Waals surface area contributed by atoms with Crippen LogP contribution in [0.2, 0.25) is 0 Å². The van der Waals surface area contributed by atoms with E-state index < -0.39 is 0 Å². The molecule has 0 N–H and O–H groups in total. The highest BCUT2D eigenvalue weighted by atomic mass is 16.5. The molecule has 1 aliphatic heterocycles. The van der Waals surface area contributed by atoms with Crippen molar-refractivity contribution in [2.24, 2.45) is 0 Å². The molecule has 0 bridgehead atoms. The van der Waals surface area contributed by atoms with Crippen molar-refractivity contribution in [2.75, 3.05) is 20.3 Å². The SMILES string of the molecule is C=CCOC1CCC(C(=O)OC)=C(CCCCC)N1CC=C. The first-order valence-electron chi connectivity index (χ1n) is 8.09. The summed E-state index contributed by atoms with van der Waals surface area (Å²) in [7, 11) is 1.44. The lowest BCUT2D eigenvalue weighted by Crippen LogP contribution is -2.41. The Morgan fingerprint density at radius 2 is 2.14 bits per heavy atom. The summed E-state index contributed by atoms with van der Waals surface area (Å²) in [6.45, 7) is 10.9. The van der Waals surface area contributed by atoms with Gasteiger partial charge in [0.1, 0.15) is 6.23 Å². The normalized spacial score (nSPS) is 18.3. The Balaban J connectivity index is 3.02. The van der Waals surface area contributed by atoms with Gasteiger partial charge in [0.05, 0.1) is 19.3 Å². The zero-order valence-corrected chi connectivity index (χ0v) is 14.0. The minimum Gasteiger partial charge on any atom is -0.466 e. The zero-order valence-electron chi connectivity index (χ0n) is 14.0. The molecule has 0 aliphatic carbocycles. The predicted molar refractivity (Wildman–Crippen MR) is 89.3 cm³/mol. The van der Waals surface area contributed by atoms with Gasteiger partial charge in [0, 0.05) is 12.2 Å². The van der Waals surface area contributed by atoms with E-state index in [0.29, 0.717) is 19.6 Å². The lowest BCUT2D eigenvalue weighted by Gasteiger charge is -2.39. The van der Waals surface area contributed by atoms with Crippen LogP contribution < -0.4 is 0 Å². The third-order valence-corrected chi connectivity index (χ3v) is 3.87. The fraction of sp³-hybridized carbons (Fsp3) is 0.611. The van der Waals surface area contributed by atoms with Crippen LogP contribution in [0.3, 0.4) is 0 Å². The molecule has 0 radical (unpaired) electrons. The monoisotopic (exact) mass is 307 g/mol. The van der Waals surface area contributed by atoms with Crippen molar-refractivity contribution in [3.05, 3.63) is 36.6 Å². The van der Waals surface area contributed by atoms with Crippen LogP contribution in [0.4, 0.5) is 0 Å². The molecule has 0 amide bonds. The van der Waals surface area contributed by atoms with Crippen molar-refractivity contribution in [1.82, 2.24) is 4.90 Å². The van der Waals surface area contributed by atoms with Gasteiger partial charge in [-0.25, -0.2) is 4.79 Å². The maximum Gasteiger partial charge on any atom is 0.335 e. The Morgan fingerprint density at radius 1 is 1.36 bits per heavy atom. The van der Waals surface area contributed by atoms with Crippen LogP contribution in [0.25, 0.3) is 0 Å². The first-order chi connectivity index (χ1) is 10.7. The summed E-state index contributed by atoms with van der Waals surface area (Å²) in [5, 5.41) is 0. The molecule has 124 valence electrons. The van der Waals surface area contributed by atoms with Crippen molar-refractivity contribution >= 4 is 5.97 Å². The number of allylic oxidation sites excluding steroid dienone is 1. The van der Waals surface area contributed by atoms with E-state index in [9.17, 15) is 4.79 Å². The number of nitrogens with zero attached hydrogens (tertiary/aromatic N) is 1. The molecule has 4 heteroatoms. The second-order valence-electron chi connectivity index (χ2n) is 5.43. The summed E-state index contributed by atoms with van der Waals surface area (Å²) in [6.07, 6.45) is 9.30. The topological polar surface area (TPSA) is 38.8 Å². The summed E-state index contributed by atoms with van der Waals surface area (Å²) in [4.78, 5) is 14.2. The summed E-state index contributed by atoms with van der Waals surface area (Å²) < 4.78 is 10.8. The van der Waals surface area contributed by atoms with E-state index >= 15 is 0 Å². The standard InChI is InChI=1S/C18H29NO3/c1-5-8-9-10-16-15(18(20)21-4)11-12-17(22-14-7-3)19(16)13-6-2/h6-7,17H,2-3,5,8-14H2,1,4H3. The van der Waals surface area contributed by atoms with Gasteiger partial charge in [0.2, 0.25) is 0 Å². The molecule has 22 heavy (non-hydrogen) atoms. The van der Waals surface area contributed by atoms with Crippen molar-refractivity contribution in [2.45, 2.75) is 51.7 Å². The molecule has 0 spiro atoms. The molecule has 0 saturated heterocycles. The zero-order chi connectivity index (χ0) is 16.4. The lowest BCUT2D eigenvalue weighted by atomic mass is 9.97. The Bertz CT molecular complexity index is 415. The smallest absolute Gasteiger partial charge is 0.335 e. The molecule has 0 saturated carbocycles. The Labute approximate surface area is 134 Å². The molecule has 1 atom stereocenters. The number of carbonyl (C=O) groups is 1. The number of esters is 1. The van der Waals surface area contributed by atoms with Crippen LogP contribution in [0.15, 0.2) is 36.6 Å². The van der Waals surface area contributed by atoms with E-state index in [1.54, 1.807) is 6.08 Å². The van der Waals surface area contributed by atoms with Gasteiger partial charge in [-0.1, -0.05) is 31.9 Å². The number of carbonyl (C=O) groups excluding carboxylic acids is 1. The van der Waals surface area contributed by atoms with Gasteiger partial charge in [-0.15, -0.1) is 13.2 Å². The highest BCUT2D eigenvalue weighted by molar-refractivity contribution is 5.89. The Hall–Kier alpha value is -1.55. The predicted octanol–water partition coefficient (Wildman–Crippen LogP) is 3.80. The molecule has 0 aromatic carbocycles. The first kappa shape index (κ1) is 18.5. The molecule has 0 aromatic rings. The number of methoxy groups -OCH3 is 1. The first-order valence-corrected chi connectivity index (χ1v) is 8.09. The van der Waals surface area contributed by atoms with E-state index in [2.05, 4.69) is 25.0 Å². The number of rotatable bonds is 10. The van der Waals surface area contributed by atoms with Crippen molar-refractivity contribution in [1.29, 1.82) is 0 Å². The quantitative estimate of drug-likeness (QED) is 0.349. The van der Waals surface area contributed by atoms with Gasteiger partial charge in [-0.2, -0.15) is 0 Å². The number of hydrogen-bond acceptors (Lipinski definition) is 4. The van der Waals surface area contributed by atoms with E-state index in [1.807, 2.05) is 6.08 Å². The van der Waals surface area contributed by atoms with Crippen LogP contribution in [0, 0.1) is 0 Å². The molecule has 4 nitrogen and oxygen atoms in total. The van der Waals surface area contributed by atoms with E-state index in [0.717, 1.165) is 43.4 Å². The summed E-state index contributed by atoms with van der Waals surface area (Å²) >= 11 is 0. The maximum atomic E-state index is 12.1. The summed E-state index contributed by atoms with van der Waals surface area (Å²) in [5.41, 5.74) is 1.85. The summed E-state index contributed by atoms with van der Waals surface area (Å²) in [6, 6.07) is 0. The molecular weight excluding hydrogens is 278 g/mol. The van der Waals surface area contributed by atoms with Gasteiger partial charge in [0.15, 0.2) is 0 Å².